The predicted octanol–water partition coefficient (Wildman–Crippen LogP) is 3.96. The normalized spacial score (nSPS) is 17.8. The molecule has 1 fully saturated rings. The van der Waals surface area contributed by atoms with Crippen LogP contribution in [0.5, 0.6) is 5.75 Å². The highest BCUT2D eigenvalue weighted by molar-refractivity contribution is 7.99. The van der Waals surface area contributed by atoms with Crippen LogP contribution in [0.1, 0.15) is 22.1 Å². The van der Waals surface area contributed by atoms with Gasteiger partial charge in [-0.2, -0.15) is 0 Å². The van der Waals surface area contributed by atoms with Gasteiger partial charge in [-0.1, -0.05) is 72.8 Å². The van der Waals surface area contributed by atoms with Crippen LogP contribution in [0.4, 0.5) is 4.79 Å². The summed E-state index contributed by atoms with van der Waals surface area (Å²) in [6.45, 7) is 0.0246. The summed E-state index contributed by atoms with van der Waals surface area (Å²) in [7, 11) is 0. The Kier molecular flexibility index (Phi) is 8.12. The number of phenolic OH excluding ortho intramolecular Hbond substituents is 1. The van der Waals surface area contributed by atoms with Gasteiger partial charge in [0.2, 0.25) is 5.91 Å². The first-order valence-corrected chi connectivity index (χ1v) is 12.4. The molecule has 2 amide bonds. The third-order valence-corrected chi connectivity index (χ3v) is 7.13. The van der Waals surface area contributed by atoms with Gasteiger partial charge in [-0.15, -0.1) is 11.8 Å². The fourth-order valence-electron chi connectivity index (χ4n) is 4.00. The van der Waals surface area contributed by atoms with E-state index in [-0.39, 0.29) is 24.5 Å². The molecule has 1 saturated heterocycles. The van der Waals surface area contributed by atoms with Crippen molar-refractivity contribution in [2.24, 2.45) is 0 Å². The number of carboxylic acid groups (broad SMARTS) is 1. The zero-order chi connectivity index (χ0) is 25.5. The van der Waals surface area contributed by atoms with Crippen LogP contribution in [0, 0.1) is 0 Å². The highest BCUT2D eigenvalue weighted by atomic mass is 32.2. The molecule has 1 unspecified atom stereocenters. The maximum Gasteiger partial charge on any atom is 0.408 e. The van der Waals surface area contributed by atoms with Gasteiger partial charge in [0.05, 0.1) is 0 Å². The standard InChI is InChI=1S/C27H26N2O6S/c30-21-13-11-18(12-14-21)15-22(28-27(34)35-16-19-7-3-1-4-8-19)24(31)29-23(26(32)33)17-36-25(29)20-9-5-2-6-10-20/h1-14,22-23,25,30H,15-17H2,(H,28,34)(H,32,33)/t22-,23-,25?/m0/s1. The molecule has 1 aliphatic heterocycles. The molecule has 4 rings (SSSR count). The van der Waals surface area contributed by atoms with Crippen LogP contribution in [-0.2, 0) is 27.4 Å². The molecule has 8 nitrogen and oxygen atoms in total. The zero-order valence-corrected chi connectivity index (χ0v) is 20.1. The third kappa shape index (κ3) is 6.17. The lowest BCUT2D eigenvalue weighted by Crippen LogP contribution is -2.53. The average Bonchev–Trinajstić information content (AvgIpc) is 3.35. The Labute approximate surface area is 212 Å². The maximum absolute atomic E-state index is 13.9. The van der Waals surface area contributed by atoms with E-state index in [1.54, 1.807) is 12.1 Å². The number of carbonyl (C=O) groups is 3. The molecular formula is C27H26N2O6S. The molecule has 0 bridgehead atoms. The SMILES string of the molecule is O=C(N[C@@H](Cc1ccc(O)cc1)C(=O)N1C(c2ccccc2)SC[C@H]1C(=O)O)OCc1ccccc1. The van der Waals surface area contributed by atoms with Gasteiger partial charge >= 0.3 is 12.1 Å². The highest BCUT2D eigenvalue weighted by Crippen LogP contribution is 2.41. The lowest BCUT2D eigenvalue weighted by atomic mass is 10.0. The van der Waals surface area contributed by atoms with Gasteiger partial charge in [0.25, 0.3) is 0 Å². The number of nitrogens with zero attached hydrogens (tertiary/aromatic N) is 1. The summed E-state index contributed by atoms with van der Waals surface area (Å²) < 4.78 is 5.33. The van der Waals surface area contributed by atoms with Crippen LogP contribution in [0.3, 0.4) is 0 Å². The van der Waals surface area contributed by atoms with E-state index in [2.05, 4.69) is 5.32 Å². The van der Waals surface area contributed by atoms with Crippen molar-refractivity contribution in [1.82, 2.24) is 10.2 Å². The van der Waals surface area contributed by atoms with Crippen LogP contribution in [0.25, 0.3) is 0 Å². The van der Waals surface area contributed by atoms with Crippen LogP contribution >= 0.6 is 11.8 Å². The lowest BCUT2D eigenvalue weighted by Gasteiger charge is -2.31. The second kappa shape index (κ2) is 11.6. The van der Waals surface area contributed by atoms with Crippen molar-refractivity contribution >= 4 is 29.7 Å². The summed E-state index contributed by atoms with van der Waals surface area (Å²) in [5.41, 5.74) is 2.28. The number of alkyl carbamates (subject to hydrolysis) is 1. The summed E-state index contributed by atoms with van der Waals surface area (Å²) in [5, 5.41) is 21.6. The van der Waals surface area contributed by atoms with Gasteiger partial charge in [-0.25, -0.2) is 9.59 Å². The van der Waals surface area contributed by atoms with Crippen molar-refractivity contribution in [3.63, 3.8) is 0 Å². The second-order valence-electron chi connectivity index (χ2n) is 8.33. The van der Waals surface area contributed by atoms with Gasteiger partial charge in [0.15, 0.2) is 0 Å². The van der Waals surface area contributed by atoms with Gasteiger partial charge in [0.1, 0.15) is 29.8 Å². The first kappa shape index (κ1) is 25.1. The number of ether oxygens (including phenoxy) is 1. The van der Waals surface area contributed by atoms with E-state index in [0.29, 0.717) is 5.56 Å². The van der Waals surface area contributed by atoms with Crippen LogP contribution in [0.2, 0.25) is 0 Å². The Morgan fingerprint density at radius 3 is 2.22 bits per heavy atom. The van der Waals surface area contributed by atoms with Crippen molar-refractivity contribution in [2.45, 2.75) is 30.5 Å². The van der Waals surface area contributed by atoms with E-state index in [1.807, 2.05) is 60.7 Å². The van der Waals surface area contributed by atoms with Gasteiger partial charge < -0.3 is 25.2 Å². The molecule has 3 atom stereocenters. The number of phenols is 1. The molecule has 0 saturated carbocycles. The summed E-state index contributed by atoms with van der Waals surface area (Å²) in [4.78, 5) is 39.9. The number of amides is 2. The molecule has 0 aliphatic carbocycles. The predicted molar refractivity (Wildman–Crippen MR) is 135 cm³/mol. The highest BCUT2D eigenvalue weighted by Gasteiger charge is 2.44. The van der Waals surface area contributed by atoms with Crippen molar-refractivity contribution in [3.8, 4) is 5.75 Å². The van der Waals surface area contributed by atoms with Crippen molar-refractivity contribution < 1.29 is 29.3 Å². The number of hydrogen-bond donors (Lipinski definition) is 3. The number of rotatable bonds is 8. The maximum atomic E-state index is 13.9. The van der Waals surface area contributed by atoms with Crippen molar-refractivity contribution in [2.75, 3.05) is 5.75 Å². The van der Waals surface area contributed by atoms with E-state index < -0.39 is 35.4 Å². The topological polar surface area (TPSA) is 116 Å². The Balaban J connectivity index is 1.58. The molecule has 9 heteroatoms. The lowest BCUT2D eigenvalue weighted by molar-refractivity contribution is -0.150. The summed E-state index contributed by atoms with van der Waals surface area (Å²) in [5.74, 6) is -1.33. The number of benzene rings is 3. The molecule has 1 aliphatic rings. The number of hydrogen-bond acceptors (Lipinski definition) is 6. The number of aliphatic carboxylic acids is 1. The van der Waals surface area contributed by atoms with Crippen molar-refractivity contribution in [3.05, 3.63) is 102 Å². The van der Waals surface area contributed by atoms with Crippen LogP contribution in [0.15, 0.2) is 84.9 Å². The summed E-state index contributed by atoms with van der Waals surface area (Å²) in [6.07, 6.45) is -0.694. The first-order chi connectivity index (χ1) is 17.4. The first-order valence-electron chi connectivity index (χ1n) is 11.4. The Morgan fingerprint density at radius 2 is 1.58 bits per heavy atom. The van der Waals surface area contributed by atoms with E-state index in [4.69, 9.17) is 4.74 Å². The van der Waals surface area contributed by atoms with Crippen LogP contribution in [-0.4, -0.2) is 50.9 Å². The molecule has 0 radical (unpaired) electrons. The largest absolute Gasteiger partial charge is 0.508 e. The van der Waals surface area contributed by atoms with E-state index >= 15 is 0 Å². The molecule has 3 N–H and O–H groups in total. The van der Waals surface area contributed by atoms with E-state index in [9.17, 15) is 24.6 Å². The molecule has 36 heavy (non-hydrogen) atoms. The molecule has 186 valence electrons. The Bertz CT molecular complexity index is 1190. The zero-order valence-electron chi connectivity index (χ0n) is 19.3. The van der Waals surface area contributed by atoms with E-state index in [1.165, 1.54) is 28.8 Å². The van der Waals surface area contributed by atoms with Crippen LogP contribution < -0.4 is 5.32 Å². The monoisotopic (exact) mass is 506 g/mol. The van der Waals surface area contributed by atoms with Gasteiger partial charge in [0, 0.05) is 12.2 Å². The fraction of sp³-hybridized carbons (Fsp3) is 0.222. The molecule has 0 spiro atoms. The second-order valence-corrected chi connectivity index (χ2v) is 9.44. The number of carbonyl (C=O) groups excluding carboxylic acids is 2. The van der Waals surface area contributed by atoms with E-state index in [0.717, 1.165) is 11.1 Å². The molecule has 0 aromatic heterocycles. The minimum absolute atomic E-state index is 0.0246. The number of thioether (sulfide) groups is 1. The molecular weight excluding hydrogens is 480 g/mol. The minimum atomic E-state index is -1.11. The third-order valence-electron chi connectivity index (χ3n) is 5.80. The number of aromatic hydroxyl groups is 1. The smallest absolute Gasteiger partial charge is 0.408 e. The molecule has 1 heterocycles. The Morgan fingerprint density at radius 1 is 0.944 bits per heavy atom. The summed E-state index contributed by atoms with van der Waals surface area (Å²) in [6, 6.07) is 22.5. The summed E-state index contributed by atoms with van der Waals surface area (Å²) >= 11 is 1.37. The van der Waals surface area contributed by atoms with Gasteiger partial charge in [-0.05, 0) is 28.8 Å². The average molecular weight is 507 g/mol. The van der Waals surface area contributed by atoms with Crippen molar-refractivity contribution in [1.29, 1.82) is 0 Å². The number of nitrogens with one attached hydrogen (secondary N) is 1. The number of carboxylic acids is 1. The quantitative estimate of drug-likeness (QED) is 0.424. The minimum Gasteiger partial charge on any atom is -0.508 e. The Hall–Kier alpha value is -3.98. The molecule has 3 aromatic rings. The fourth-order valence-corrected chi connectivity index (χ4v) is 5.42. The van der Waals surface area contributed by atoms with Gasteiger partial charge in [-0.3, -0.25) is 4.79 Å². The molecule has 3 aromatic carbocycles.